The van der Waals surface area contributed by atoms with E-state index in [-0.39, 0.29) is 5.56 Å². The summed E-state index contributed by atoms with van der Waals surface area (Å²) in [5, 5.41) is 9.06. The minimum Gasteiger partial charge on any atom is -0.478 e. The van der Waals surface area contributed by atoms with Gasteiger partial charge in [0, 0.05) is 24.0 Å². The molecule has 0 aromatic heterocycles. The van der Waals surface area contributed by atoms with Gasteiger partial charge >= 0.3 is 5.97 Å². The smallest absolute Gasteiger partial charge is 0.337 e. The van der Waals surface area contributed by atoms with Gasteiger partial charge in [0.25, 0.3) is 0 Å². The van der Waals surface area contributed by atoms with Crippen molar-refractivity contribution in [2.75, 3.05) is 17.2 Å². The highest BCUT2D eigenvalue weighted by molar-refractivity contribution is 5.94. The molecular weight excluding hydrogens is 216 g/mol. The highest BCUT2D eigenvalue weighted by Gasteiger charge is 2.29. The van der Waals surface area contributed by atoms with Crippen LogP contribution >= 0.6 is 0 Å². The zero-order valence-corrected chi connectivity index (χ0v) is 10.0. The maximum atomic E-state index is 11.0. The third-order valence-electron chi connectivity index (χ3n) is 3.05. The molecule has 4 heteroatoms. The zero-order chi connectivity index (χ0) is 12.4. The normalized spacial score (nSPS) is 14.6. The van der Waals surface area contributed by atoms with Gasteiger partial charge in [-0.3, -0.25) is 0 Å². The van der Waals surface area contributed by atoms with Gasteiger partial charge in [0.15, 0.2) is 0 Å². The molecule has 1 saturated carbocycles. The molecule has 0 bridgehead atoms. The minimum atomic E-state index is -0.961. The van der Waals surface area contributed by atoms with E-state index in [2.05, 4.69) is 11.8 Å². The Morgan fingerprint density at radius 1 is 1.53 bits per heavy atom. The van der Waals surface area contributed by atoms with Gasteiger partial charge in [-0.2, -0.15) is 0 Å². The number of hydrogen-bond acceptors (Lipinski definition) is 3. The van der Waals surface area contributed by atoms with Gasteiger partial charge in [-0.1, -0.05) is 6.92 Å². The van der Waals surface area contributed by atoms with Crippen molar-refractivity contribution < 1.29 is 9.90 Å². The van der Waals surface area contributed by atoms with Gasteiger partial charge in [0.2, 0.25) is 0 Å². The molecule has 1 fully saturated rings. The van der Waals surface area contributed by atoms with Crippen molar-refractivity contribution in [3.05, 3.63) is 23.8 Å². The van der Waals surface area contributed by atoms with Gasteiger partial charge in [0.1, 0.15) is 0 Å². The molecule has 17 heavy (non-hydrogen) atoms. The standard InChI is InChI=1S/C13H18N2O2/c1-2-7-15(9-3-4-9)10-5-6-12(14)11(8-10)13(16)17/h5-6,8-9H,2-4,7,14H2,1H3,(H,16,17). The molecular formula is C13H18N2O2. The molecule has 0 amide bonds. The van der Waals surface area contributed by atoms with Gasteiger partial charge < -0.3 is 15.7 Å². The molecule has 92 valence electrons. The number of hydrogen-bond donors (Lipinski definition) is 2. The van der Waals surface area contributed by atoms with Crippen molar-refractivity contribution in [3.63, 3.8) is 0 Å². The van der Waals surface area contributed by atoms with E-state index < -0.39 is 5.97 Å². The molecule has 0 radical (unpaired) electrons. The first-order valence-electron chi connectivity index (χ1n) is 6.03. The maximum Gasteiger partial charge on any atom is 0.337 e. The number of anilines is 2. The number of carboxylic acid groups (broad SMARTS) is 1. The predicted octanol–water partition coefficient (Wildman–Crippen LogP) is 2.35. The molecule has 0 spiro atoms. The number of aromatic carboxylic acids is 1. The lowest BCUT2D eigenvalue weighted by Gasteiger charge is -2.24. The first-order valence-corrected chi connectivity index (χ1v) is 6.03. The molecule has 1 aliphatic rings. The van der Waals surface area contributed by atoms with E-state index in [1.54, 1.807) is 12.1 Å². The lowest BCUT2D eigenvalue weighted by molar-refractivity contribution is 0.0698. The molecule has 0 aliphatic heterocycles. The highest BCUT2D eigenvalue weighted by atomic mass is 16.4. The van der Waals surface area contributed by atoms with Crippen LogP contribution in [0.5, 0.6) is 0 Å². The van der Waals surface area contributed by atoms with E-state index >= 15 is 0 Å². The van der Waals surface area contributed by atoms with E-state index in [9.17, 15) is 4.79 Å². The monoisotopic (exact) mass is 234 g/mol. The fourth-order valence-electron chi connectivity index (χ4n) is 2.06. The summed E-state index contributed by atoms with van der Waals surface area (Å²) in [6.45, 7) is 3.10. The second-order valence-electron chi connectivity index (χ2n) is 4.50. The van der Waals surface area contributed by atoms with Crippen LogP contribution in [0.2, 0.25) is 0 Å². The summed E-state index contributed by atoms with van der Waals surface area (Å²) in [6, 6.07) is 5.87. The number of nitrogens with zero attached hydrogens (tertiary/aromatic N) is 1. The van der Waals surface area contributed by atoms with Crippen molar-refractivity contribution in [2.24, 2.45) is 0 Å². The molecule has 1 aromatic carbocycles. The minimum absolute atomic E-state index is 0.198. The van der Waals surface area contributed by atoms with E-state index in [0.717, 1.165) is 18.7 Å². The third kappa shape index (κ3) is 2.52. The Balaban J connectivity index is 2.30. The Bertz CT molecular complexity index is 427. The molecule has 0 heterocycles. The Labute approximate surface area is 101 Å². The largest absolute Gasteiger partial charge is 0.478 e. The summed E-state index contributed by atoms with van der Waals surface area (Å²) in [4.78, 5) is 13.3. The van der Waals surface area contributed by atoms with Crippen LogP contribution in [0.1, 0.15) is 36.5 Å². The van der Waals surface area contributed by atoms with Crippen molar-refractivity contribution in [1.29, 1.82) is 0 Å². The quantitative estimate of drug-likeness (QED) is 0.767. The van der Waals surface area contributed by atoms with Crippen LogP contribution in [0.15, 0.2) is 18.2 Å². The van der Waals surface area contributed by atoms with Gasteiger partial charge in [-0.15, -0.1) is 0 Å². The molecule has 0 saturated heterocycles. The molecule has 0 unspecified atom stereocenters. The summed E-state index contributed by atoms with van der Waals surface area (Å²) in [5.41, 5.74) is 7.16. The average Bonchev–Trinajstić information content (AvgIpc) is 3.10. The maximum absolute atomic E-state index is 11.0. The fourth-order valence-corrected chi connectivity index (χ4v) is 2.06. The molecule has 4 nitrogen and oxygen atoms in total. The Morgan fingerprint density at radius 2 is 2.24 bits per heavy atom. The molecule has 3 N–H and O–H groups in total. The van der Waals surface area contributed by atoms with Crippen molar-refractivity contribution in [3.8, 4) is 0 Å². The highest BCUT2D eigenvalue weighted by Crippen LogP contribution is 2.33. The number of benzene rings is 1. The number of nitrogens with two attached hydrogens (primary N) is 1. The number of carboxylic acids is 1. The Kier molecular flexibility index (Phi) is 3.22. The van der Waals surface area contributed by atoms with Gasteiger partial charge in [-0.05, 0) is 37.5 Å². The van der Waals surface area contributed by atoms with Gasteiger partial charge in [0.05, 0.1) is 5.56 Å². The first-order chi connectivity index (χ1) is 8.13. The SMILES string of the molecule is CCCN(c1ccc(N)c(C(=O)O)c1)C1CC1. The number of rotatable bonds is 5. The van der Waals surface area contributed by atoms with E-state index in [1.807, 2.05) is 6.07 Å². The number of nitrogen functional groups attached to an aromatic ring is 1. The lowest BCUT2D eigenvalue weighted by atomic mass is 10.1. The number of carbonyl (C=O) groups is 1. The van der Waals surface area contributed by atoms with Gasteiger partial charge in [-0.25, -0.2) is 4.79 Å². The second kappa shape index (κ2) is 4.65. The molecule has 2 rings (SSSR count). The first kappa shape index (κ1) is 11.8. The van der Waals surface area contributed by atoms with Crippen LogP contribution in [0.25, 0.3) is 0 Å². The predicted molar refractivity (Wildman–Crippen MR) is 68.5 cm³/mol. The van der Waals surface area contributed by atoms with E-state index in [4.69, 9.17) is 10.8 Å². The van der Waals surface area contributed by atoms with Crippen molar-refractivity contribution >= 4 is 17.3 Å². The zero-order valence-electron chi connectivity index (χ0n) is 10.0. The second-order valence-corrected chi connectivity index (χ2v) is 4.50. The summed E-state index contributed by atoms with van der Waals surface area (Å²) in [6.07, 6.45) is 3.46. The lowest BCUT2D eigenvalue weighted by Crippen LogP contribution is -2.26. The van der Waals surface area contributed by atoms with Crippen LogP contribution < -0.4 is 10.6 Å². The molecule has 1 aliphatic carbocycles. The van der Waals surface area contributed by atoms with Crippen LogP contribution in [-0.2, 0) is 0 Å². The van der Waals surface area contributed by atoms with E-state index in [1.165, 1.54) is 12.8 Å². The summed E-state index contributed by atoms with van der Waals surface area (Å²) in [7, 11) is 0. The van der Waals surface area contributed by atoms with Crippen LogP contribution in [0.4, 0.5) is 11.4 Å². The molecule has 0 atom stereocenters. The average molecular weight is 234 g/mol. The summed E-state index contributed by atoms with van der Waals surface area (Å²) in [5.74, 6) is -0.961. The summed E-state index contributed by atoms with van der Waals surface area (Å²) < 4.78 is 0. The van der Waals surface area contributed by atoms with Crippen LogP contribution in [0.3, 0.4) is 0 Å². The van der Waals surface area contributed by atoms with Crippen molar-refractivity contribution in [2.45, 2.75) is 32.2 Å². The Hall–Kier alpha value is -1.71. The van der Waals surface area contributed by atoms with Crippen LogP contribution in [-0.4, -0.2) is 23.7 Å². The van der Waals surface area contributed by atoms with Crippen LogP contribution in [0, 0.1) is 0 Å². The fraction of sp³-hybridized carbons (Fsp3) is 0.462. The van der Waals surface area contributed by atoms with Crippen molar-refractivity contribution in [1.82, 2.24) is 0 Å². The topological polar surface area (TPSA) is 66.6 Å². The molecule has 1 aromatic rings. The summed E-state index contributed by atoms with van der Waals surface area (Å²) >= 11 is 0. The van der Waals surface area contributed by atoms with E-state index in [0.29, 0.717) is 11.7 Å². The third-order valence-corrected chi connectivity index (χ3v) is 3.05. The Morgan fingerprint density at radius 3 is 2.76 bits per heavy atom.